The zero-order valence-electron chi connectivity index (χ0n) is 13.4. The summed E-state index contributed by atoms with van der Waals surface area (Å²) in [6.07, 6.45) is 6.38. The quantitative estimate of drug-likeness (QED) is 0.675. The first-order valence-electron chi connectivity index (χ1n) is 8.02. The molecule has 25 heavy (non-hydrogen) atoms. The summed E-state index contributed by atoms with van der Waals surface area (Å²) in [5.41, 5.74) is 0.271. The van der Waals surface area contributed by atoms with Gasteiger partial charge in [0.05, 0.1) is 0 Å². The van der Waals surface area contributed by atoms with E-state index in [0.29, 0.717) is 37.8 Å². The highest BCUT2D eigenvalue weighted by Crippen LogP contribution is 2.11. The Bertz CT molecular complexity index is 964. The molecule has 1 saturated heterocycles. The summed E-state index contributed by atoms with van der Waals surface area (Å²) in [4.78, 5) is 41.6. The number of aromatic nitrogens is 4. The van der Waals surface area contributed by atoms with Crippen molar-refractivity contribution in [2.75, 3.05) is 31.1 Å². The molecule has 0 radical (unpaired) electrons. The number of pyridine rings is 1. The van der Waals surface area contributed by atoms with Crippen molar-refractivity contribution in [3.8, 4) is 0 Å². The first-order chi connectivity index (χ1) is 12.2. The minimum absolute atomic E-state index is 0.0908. The Kier molecular flexibility index (Phi) is 3.85. The second kappa shape index (κ2) is 6.31. The fraction of sp³-hybridized carbons (Fsp3) is 0.235. The van der Waals surface area contributed by atoms with Crippen LogP contribution in [-0.2, 0) is 0 Å². The fourth-order valence-electron chi connectivity index (χ4n) is 2.91. The van der Waals surface area contributed by atoms with Crippen molar-refractivity contribution >= 4 is 17.5 Å². The average Bonchev–Trinajstić information content (AvgIpc) is 2.69. The molecule has 0 bridgehead atoms. The first kappa shape index (κ1) is 15.3. The van der Waals surface area contributed by atoms with Crippen LogP contribution >= 0.6 is 0 Å². The van der Waals surface area contributed by atoms with Crippen molar-refractivity contribution in [2.24, 2.45) is 0 Å². The van der Waals surface area contributed by atoms with Gasteiger partial charge in [0.15, 0.2) is 0 Å². The maximum atomic E-state index is 12.7. The lowest BCUT2D eigenvalue weighted by Gasteiger charge is -2.34. The van der Waals surface area contributed by atoms with E-state index in [2.05, 4.69) is 15.0 Å². The van der Waals surface area contributed by atoms with Crippen LogP contribution in [0.2, 0.25) is 0 Å². The van der Waals surface area contributed by atoms with Gasteiger partial charge in [-0.1, -0.05) is 6.07 Å². The van der Waals surface area contributed by atoms with Gasteiger partial charge >= 0.3 is 0 Å². The van der Waals surface area contributed by atoms with Gasteiger partial charge in [-0.3, -0.25) is 14.0 Å². The molecule has 1 fully saturated rings. The Labute approximate surface area is 143 Å². The molecule has 4 rings (SSSR count). The number of amides is 1. The third-order valence-corrected chi connectivity index (χ3v) is 4.25. The largest absolute Gasteiger partial charge is 0.337 e. The zero-order chi connectivity index (χ0) is 17.2. The Morgan fingerprint density at radius 3 is 2.48 bits per heavy atom. The lowest BCUT2D eigenvalue weighted by atomic mass is 10.2. The molecular weight excluding hydrogens is 320 g/mol. The number of fused-ring (bicyclic) bond motifs is 1. The SMILES string of the molecule is O=C(c1cnc2ccccn2c1=O)N1CCN(c2ncccn2)CC1. The highest BCUT2D eigenvalue weighted by atomic mass is 16.2. The van der Waals surface area contributed by atoms with E-state index < -0.39 is 0 Å². The fourth-order valence-corrected chi connectivity index (χ4v) is 2.91. The second-order valence-corrected chi connectivity index (χ2v) is 5.73. The second-order valence-electron chi connectivity index (χ2n) is 5.73. The van der Waals surface area contributed by atoms with Crippen LogP contribution < -0.4 is 10.5 Å². The average molecular weight is 336 g/mol. The molecule has 3 aromatic heterocycles. The summed E-state index contributed by atoms with van der Waals surface area (Å²) >= 11 is 0. The van der Waals surface area contributed by atoms with Gasteiger partial charge in [0.1, 0.15) is 11.2 Å². The predicted octanol–water partition coefficient (Wildman–Crippen LogP) is 0.447. The van der Waals surface area contributed by atoms with Gasteiger partial charge in [-0.25, -0.2) is 15.0 Å². The molecule has 0 aliphatic carbocycles. The van der Waals surface area contributed by atoms with E-state index in [1.165, 1.54) is 10.6 Å². The summed E-state index contributed by atoms with van der Waals surface area (Å²) in [6, 6.07) is 7.04. The van der Waals surface area contributed by atoms with E-state index in [-0.39, 0.29) is 17.0 Å². The number of nitrogens with zero attached hydrogens (tertiary/aromatic N) is 6. The Hall–Kier alpha value is -3.29. The van der Waals surface area contributed by atoms with Crippen LogP contribution in [0.15, 0.2) is 53.8 Å². The monoisotopic (exact) mass is 336 g/mol. The summed E-state index contributed by atoms with van der Waals surface area (Å²) < 4.78 is 1.39. The molecule has 1 aliphatic rings. The summed E-state index contributed by atoms with van der Waals surface area (Å²) in [7, 11) is 0. The highest BCUT2D eigenvalue weighted by Gasteiger charge is 2.25. The normalized spacial score (nSPS) is 14.7. The van der Waals surface area contributed by atoms with E-state index in [1.807, 2.05) is 4.90 Å². The molecule has 3 aromatic rings. The Morgan fingerprint density at radius 1 is 0.960 bits per heavy atom. The molecule has 4 heterocycles. The summed E-state index contributed by atoms with van der Waals surface area (Å²) in [5.74, 6) is 0.367. The van der Waals surface area contributed by atoms with Crippen LogP contribution in [0, 0.1) is 0 Å². The standard InChI is InChI=1S/C17H16N6O2/c24-15(13-12-20-14-4-1-2-7-23(14)16(13)25)21-8-10-22(11-9-21)17-18-5-3-6-19-17/h1-7,12H,8-11H2. The zero-order valence-corrected chi connectivity index (χ0v) is 13.4. The topological polar surface area (TPSA) is 83.7 Å². The Balaban J connectivity index is 1.53. The lowest BCUT2D eigenvalue weighted by Crippen LogP contribution is -2.50. The molecular formula is C17H16N6O2. The molecule has 0 saturated carbocycles. The van der Waals surface area contributed by atoms with E-state index in [9.17, 15) is 9.59 Å². The van der Waals surface area contributed by atoms with Crippen LogP contribution in [0.1, 0.15) is 10.4 Å². The smallest absolute Gasteiger partial charge is 0.270 e. The van der Waals surface area contributed by atoms with Gasteiger partial charge in [-0.2, -0.15) is 0 Å². The van der Waals surface area contributed by atoms with E-state index in [1.54, 1.807) is 47.8 Å². The molecule has 0 spiro atoms. The summed E-state index contributed by atoms with van der Waals surface area (Å²) in [6.45, 7) is 2.26. The van der Waals surface area contributed by atoms with Crippen LogP contribution in [0.3, 0.4) is 0 Å². The van der Waals surface area contributed by atoms with E-state index >= 15 is 0 Å². The van der Waals surface area contributed by atoms with Gasteiger partial charge in [0.25, 0.3) is 11.5 Å². The molecule has 126 valence electrons. The first-order valence-corrected chi connectivity index (χ1v) is 8.02. The number of carbonyl (C=O) groups is 1. The lowest BCUT2D eigenvalue weighted by molar-refractivity contribution is 0.0744. The van der Waals surface area contributed by atoms with Crippen molar-refractivity contribution < 1.29 is 4.79 Å². The number of carbonyl (C=O) groups excluding carboxylic acids is 1. The molecule has 0 unspecified atom stereocenters. The van der Waals surface area contributed by atoms with Crippen LogP contribution in [0.4, 0.5) is 5.95 Å². The van der Waals surface area contributed by atoms with Crippen LogP contribution in [0.25, 0.3) is 5.65 Å². The van der Waals surface area contributed by atoms with Gasteiger partial charge in [0.2, 0.25) is 5.95 Å². The third-order valence-electron chi connectivity index (χ3n) is 4.25. The molecule has 1 amide bonds. The number of hydrogen-bond acceptors (Lipinski definition) is 6. The van der Waals surface area contributed by atoms with Crippen molar-refractivity contribution in [1.29, 1.82) is 0 Å². The molecule has 0 N–H and O–H groups in total. The maximum absolute atomic E-state index is 12.7. The molecule has 8 heteroatoms. The van der Waals surface area contributed by atoms with Crippen LogP contribution in [0.5, 0.6) is 0 Å². The minimum Gasteiger partial charge on any atom is -0.337 e. The number of hydrogen-bond donors (Lipinski definition) is 0. The van der Waals surface area contributed by atoms with E-state index in [0.717, 1.165) is 0 Å². The maximum Gasteiger partial charge on any atom is 0.270 e. The number of anilines is 1. The van der Waals surface area contributed by atoms with Crippen molar-refractivity contribution in [2.45, 2.75) is 0 Å². The molecule has 0 aromatic carbocycles. The minimum atomic E-state index is -0.343. The van der Waals surface area contributed by atoms with Gasteiger partial charge < -0.3 is 9.80 Å². The molecule has 0 atom stereocenters. The highest BCUT2D eigenvalue weighted by molar-refractivity contribution is 5.94. The van der Waals surface area contributed by atoms with Gasteiger partial charge in [0, 0.05) is 51.0 Å². The van der Waals surface area contributed by atoms with Gasteiger partial charge in [-0.05, 0) is 18.2 Å². The van der Waals surface area contributed by atoms with Crippen LogP contribution in [-0.4, -0.2) is 56.3 Å². The number of piperazine rings is 1. The number of rotatable bonds is 2. The van der Waals surface area contributed by atoms with Crippen molar-refractivity contribution in [1.82, 2.24) is 24.3 Å². The third kappa shape index (κ3) is 2.82. The van der Waals surface area contributed by atoms with Gasteiger partial charge in [-0.15, -0.1) is 0 Å². The molecule has 8 nitrogen and oxygen atoms in total. The Morgan fingerprint density at radius 2 is 1.72 bits per heavy atom. The van der Waals surface area contributed by atoms with Crippen molar-refractivity contribution in [3.05, 3.63) is 65.0 Å². The predicted molar refractivity (Wildman–Crippen MR) is 91.6 cm³/mol. The van der Waals surface area contributed by atoms with E-state index in [4.69, 9.17) is 0 Å². The summed E-state index contributed by atoms with van der Waals surface area (Å²) in [5, 5.41) is 0. The molecule has 1 aliphatic heterocycles. The van der Waals surface area contributed by atoms with Crippen molar-refractivity contribution in [3.63, 3.8) is 0 Å².